The summed E-state index contributed by atoms with van der Waals surface area (Å²) in [5.74, 6) is -0.336. The Hall–Kier alpha value is -1.96. The Balaban J connectivity index is 2.00. The van der Waals surface area contributed by atoms with Crippen molar-refractivity contribution in [2.75, 3.05) is 0 Å². The quantitative estimate of drug-likeness (QED) is 0.875. The summed E-state index contributed by atoms with van der Waals surface area (Å²) in [5, 5.41) is 10.6. The van der Waals surface area contributed by atoms with Crippen molar-refractivity contribution in [1.29, 1.82) is 0 Å². The van der Waals surface area contributed by atoms with E-state index in [1.54, 1.807) is 11.6 Å². The van der Waals surface area contributed by atoms with E-state index in [-0.39, 0.29) is 17.5 Å². The van der Waals surface area contributed by atoms with Gasteiger partial charge in [-0.25, -0.2) is 8.78 Å². The Bertz CT molecular complexity index is 710. The van der Waals surface area contributed by atoms with Crippen molar-refractivity contribution >= 4 is 17.5 Å². The lowest BCUT2D eigenvalue weighted by Gasteiger charge is -2.06. The van der Waals surface area contributed by atoms with Crippen LogP contribution in [0.15, 0.2) is 6.20 Å². The van der Waals surface area contributed by atoms with Gasteiger partial charge in [-0.3, -0.25) is 14.2 Å². The average molecular weight is 346 g/mol. The summed E-state index contributed by atoms with van der Waals surface area (Å²) < 4.78 is 28.4. The average Bonchev–Trinajstić information content (AvgIpc) is 3.00. The standard InChI is InChI=1S/C14H18ClF2N5O/c1-4-21-6-10(8(2)19-21)5-18-11(23)7-22-9(3)12(15)13(20-22)14(16)17/h6,14H,4-5,7H2,1-3H3,(H,18,23). The lowest BCUT2D eigenvalue weighted by atomic mass is 10.2. The fraction of sp³-hybridized carbons (Fsp3) is 0.500. The topological polar surface area (TPSA) is 64.7 Å². The zero-order valence-electron chi connectivity index (χ0n) is 13.1. The number of hydrogen-bond donors (Lipinski definition) is 1. The normalized spacial score (nSPS) is 11.3. The van der Waals surface area contributed by atoms with Gasteiger partial charge in [-0.15, -0.1) is 0 Å². The molecule has 2 aromatic heterocycles. The van der Waals surface area contributed by atoms with Gasteiger partial charge in [-0.1, -0.05) is 11.6 Å². The Morgan fingerprint density at radius 3 is 2.61 bits per heavy atom. The largest absolute Gasteiger partial charge is 0.350 e. The predicted molar refractivity (Wildman–Crippen MR) is 81.4 cm³/mol. The van der Waals surface area contributed by atoms with Gasteiger partial charge in [0.2, 0.25) is 5.91 Å². The van der Waals surface area contributed by atoms with Crippen molar-refractivity contribution in [3.8, 4) is 0 Å². The van der Waals surface area contributed by atoms with E-state index >= 15 is 0 Å². The number of alkyl halides is 2. The minimum atomic E-state index is -2.77. The lowest BCUT2D eigenvalue weighted by molar-refractivity contribution is -0.122. The zero-order chi connectivity index (χ0) is 17.1. The van der Waals surface area contributed by atoms with Crippen LogP contribution in [0.2, 0.25) is 5.02 Å². The molecule has 2 heterocycles. The molecule has 1 N–H and O–H groups in total. The molecule has 0 saturated heterocycles. The van der Waals surface area contributed by atoms with Crippen LogP contribution in [0.5, 0.6) is 0 Å². The Kier molecular flexibility index (Phi) is 5.35. The zero-order valence-corrected chi connectivity index (χ0v) is 13.9. The molecule has 0 aromatic carbocycles. The van der Waals surface area contributed by atoms with E-state index in [1.165, 1.54) is 4.68 Å². The fourth-order valence-electron chi connectivity index (χ4n) is 2.12. The van der Waals surface area contributed by atoms with Gasteiger partial charge in [0.25, 0.3) is 6.43 Å². The summed E-state index contributed by atoms with van der Waals surface area (Å²) in [6, 6.07) is 0. The molecule has 1 amide bonds. The van der Waals surface area contributed by atoms with E-state index in [0.29, 0.717) is 12.2 Å². The summed E-state index contributed by atoms with van der Waals surface area (Å²) in [5.41, 5.74) is 1.58. The van der Waals surface area contributed by atoms with Crippen LogP contribution < -0.4 is 5.32 Å². The van der Waals surface area contributed by atoms with E-state index in [4.69, 9.17) is 11.6 Å². The van der Waals surface area contributed by atoms with Crippen LogP contribution in [0.3, 0.4) is 0 Å². The smallest absolute Gasteiger partial charge is 0.283 e. The minimum absolute atomic E-state index is 0.104. The number of amides is 1. The van der Waals surface area contributed by atoms with Gasteiger partial charge in [0.15, 0.2) is 0 Å². The van der Waals surface area contributed by atoms with Gasteiger partial charge < -0.3 is 5.32 Å². The van der Waals surface area contributed by atoms with Crippen LogP contribution in [-0.2, 0) is 24.4 Å². The molecule has 0 spiro atoms. The summed E-state index contributed by atoms with van der Waals surface area (Å²) in [6.07, 6.45) is -0.909. The summed E-state index contributed by atoms with van der Waals surface area (Å²) in [4.78, 5) is 12.0. The molecule has 0 radical (unpaired) electrons. The summed E-state index contributed by atoms with van der Waals surface area (Å²) >= 11 is 5.80. The first-order valence-corrected chi connectivity index (χ1v) is 7.51. The number of carbonyl (C=O) groups is 1. The van der Waals surface area contributed by atoms with Crippen molar-refractivity contribution in [1.82, 2.24) is 24.9 Å². The molecule has 6 nitrogen and oxygen atoms in total. The number of nitrogens with zero attached hydrogens (tertiary/aromatic N) is 4. The molecule has 0 atom stereocenters. The third-order valence-corrected chi connectivity index (χ3v) is 3.97. The third kappa shape index (κ3) is 3.87. The maximum Gasteiger partial charge on any atom is 0.283 e. The van der Waals surface area contributed by atoms with Gasteiger partial charge in [-0.05, 0) is 20.8 Å². The molecule has 0 saturated carbocycles. The molecule has 0 fully saturated rings. The van der Waals surface area contributed by atoms with Crippen LogP contribution in [0.1, 0.15) is 36.0 Å². The Morgan fingerprint density at radius 1 is 1.39 bits per heavy atom. The van der Waals surface area contributed by atoms with Gasteiger partial charge in [-0.2, -0.15) is 10.2 Å². The van der Waals surface area contributed by atoms with E-state index < -0.39 is 12.1 Å². The maximum atomic E-state index is 12.7. The second kappa shape index (κ2) is 7.08. The van der Waals surface area contributed by atoms with Crippen LogP contribution in [-0.4, -0.2) is 25.5 Å². The van der Waals surface area contributed by atoms with Gasteiger partial charge in [0, 0.05) is 24.8 Å². The fourth-order valence-corrected chi connectivity index (χ4v) is 2.34. The van der Waals surface area contributed by atoms with E-state index in [9.17, 15) is 13.6 Å². The van der Waals surface area contributed by atoms with Crippen molar-refractivity contribution < 1.29 is 13.6 Å². The first kappa shape index (κ1) is 17.4. The van der Waals surface area contributed by atoms with Crippen LogP contribution in [0.4, 0.5) is 8.78 Å². The molecule has 23 heavy (non-hydrogen) atoms. The van der Waals surface area contributed by atoms with E-state index in [2.05, 4.69) is 15.5 Å². The first-order valence-electron chi connectivity index (χ1n) is 7.14. The molecule has 9 heteroatoms. The SMILES string of the molecule is CCn1cc(CNC(=O)Cn2nc(C(F)F)c(Cl)c2C)c(C)n1. The molecular weight excluding hydrogens is 328 g/mol. The highest BCUT2D eigenvalue weighted by molar-refractivity contribution is 6.31. The maximum absolute atomic E-state index is 12.7. The van der Waals surface area contributed by atoms with Crippen LogP contribution in [0.25, 0.3) is 0 Å². The molecule has 2 aromatic rings. The van der Waals surface area contributed by atoms with Crippen molar-refractivity contribution in [2.24, 2.45) is 0 Å². The molecule has 0 aliphatic heterocycles. The van der Waals surface area contributed by atoms with Crippen molar-refractivity contribution in [2.45, 2.75) is 46.8 Å². The second-order valence-corrected chi connectivity index (χ2v) is 5.49. The van der Waals surface area contributed by atoms with Crippen LogP contribution >= 0.6 is 11.6 Å². The monoisotopic (exact) mass is 345 g/mol. The molecule has 0 unspecified atom stereocenters. The highest BCUT2D eigenvalue weighted by Gasteiger charge is 2.21. The van der Waals surface area contributed by atoms with E-state index in [0.717, 1.165) is 17.8 Å². The molecule has 0 aliphatic rings. The molecule has 2 rings (SSSR count). The van der Waals surface area contributed by atoms with Crippen LogP contribution in [0, 0.1) is 13.8 Å². The number of aromatic nitrogens is 4. The summed E-state index contributed by atoms with van der Waals surface area (Å²) in [6.45, 7) is 6.28. The molecule has 0 aliphatic carbocycles. The number of carbonyl (C=O) groups excluding carboxylic acids is 1. The van der Waals surface area contributed by atoms with Gasteiger partial charge in [0.1, 0.15) is 12.2 Å². The number of nitrogens with one attached hydrogen (secondary N) is 1. The van der Waals surface area contributed by atoms with Gasteiger partial charge >= 0.3 is 0 Å². The lowest BCUT2D eigenvalue weighted by Crippen LogP contribution is -2.28. The highest BCUT2D eigenvalue weighted by atomic mass is 35.5. The number of hydrogen-bond acceptors (Lipinski definition) is 3. The molecule has 0 bridgehead atoms. The predicted octanol–water partition coefficient (Wildman–Crippen LogP) is 2.62. The Labute approximate surface area is 137 Å². The second-order valence-electron chi connectivity index (χ2n) is 5.12. The molecule has 126 valence electrons. The number of halogens is 3. The highest BCUT2D eigenvalue weighted by Crippen LogP contribution is 2.28. The van der Waals surface area contributed by atoms with E-state index in [1.807, 2.05) is 20.0 Å². The minimum Gasteiger partial charge on any atom is -0.350 e. The van der Waals surface area contributed by atoms with Crippen molar-refractivity contribution in [3.63, 3.8) is 0 Å². The van der Waals surface area contributed by atoms with Gasteiger partial charge in [0.05, 0.1) is 16.4 Å². The number of rotatable bonds is 6. The summed E-state index contributed by atoms with van der Waals surface area (Å²) in [7, 11) is 0. The Morgan fingerprint density at radius 2 is 2.09 bits per heavy atom. The molecular formula is C14H18ClF2N5O. The number of aryl methyl sites for hydroxylation is 2. The van der Waals surface area contributed by atoms with Crippen molar-refractivity contribution in [3.05, 3.63) is 33.9 Å². The first-order chi connectivity index (χ1) is 10.8. The third-order valence-electron chi connectivity index (χ3n) is 3.51.